The Balaban J connectivity index is 1.64. The smallest absolute Gasteiger partial charge is 0.338 e. The number of hydrogen-bond acceptors (Lipinski definition) is 7. The molecule has 0 saturated heterocycles. The second-order valence-corrected chi connectivity index (χ2v) is 8.66. The summed E-state index contributed by atoms with van der Waals surface area (Å²) in [5.74, 6) is -0.650. The molecule has 0 fully saturated rings. The number of benzene rings is 1. The maximum atomic E-state index is 12.9. The summed E-state index contributed by atoms with van der Waals surface area (Å²) in [5, 5.41) is -0.0900. The standard InChI is InChI=1S/C22H21N3O4S/c1-11-9-16(21(28)29-3)17-19(23-11)24-22(25-20(17)27)30-12(2)18(26)15-8-7-13-5-4-6-14(13)10-15/h7-10,12H,4-6H2,1-3H3,(H,23,24,25,27). The highest BCUT2D eigenvalue weighted by Crippen LogP contribution is 2.27. The number of hydrogen-bond donors (Lipinski definition) is 1. The van der Waals surface area contributed by atoms with Crippen LogP contribution in [-0.2, 0) is 17.6 Å². The second-order valence-electron chi connectivity index (χ2n) is 7.33. The van der Waals surface area contributed by atoms with Crippen LogP contribution < -0.4 is 5.56 Å². The maximum Gasteiger partial charge on any atom is 0.338 e. The minimum absolute atomic E-state index is 0.0232. The van der Waals surface area contributed by atoms with Crippen LogP contribution in [0, 0.1) is 6.92 Å². The van der Waals surface area contributed by atoms with E-state index in [9.17, 15) is 14.4 Å². The number of fused-ring (bicyclic) bond motifs is 2. The van der Waals surface area contributed by atoms with E-state index in [0.29, 0.717) is 11.3 Å². The predicted molar refractivity (Wildman–Crippen MR) is 114 cm³/mol. The monoisotopic (exact) mass is 423 g/mol. The number of Topliss-reactive ketones (excluding diaryl/α,β-unsaturated/α-hetero) is 1. The van der Waals surface area contributed by atoms with E-state index in [0.717, 1.165) is 31.0 Å². The van der Waals surface area contributed by atoms with Gasteiger partial charge in [0.15, 0.2) is 16.6 Å². The van der Waals surface area contributed by atoms with Crippen LogP contribution in [0.25, 0.3) is 11.0 Å². The minimum atomic E-state index is -0.627. The van der Waals surface area contributed by atoms with Crippen molar-refractivity contribution in [3.05, 3.63) is 62.6 Å². The minimum Gasteiger partial charge on any atom is -0.465 e. The third-order valence-corrected chi connectivity index (χ3v) is 6.21. The summed E-state index contributed by atoms with van der Waals surface area (Å²) in [5.41, 5.74) is 3.54. The van der Waals surface area contributed by atoms with Gasteiger partial charge in [-0.05, 0) is 56.4 Å². The first-order chi connectivity index (χ1) is 14.4. The van der Waals surface area contributed by atoms with Gasteiger partial charge >= 0.3 is 5.97 Å². The number of H-pyrrole nitrogens is 1. The zero-order valence-electron chi connectivity index (χ0n) is 16.9. The lowest BCUT2D eigenvalue weighted by atomic mass is 10.0. The average Bonchev–Trinajstić information content (AvgIpc) is 3.19. The Labute approximate surface area is 177 Å². The Morgan fingerprint density at radius 1 is 1.17 bits per heavy atom. The Morgan fingerprint density at radius 3 is 2.70 bits per heavy atom. The molecule has 0 amide bonds. The number of pyridine rings is 1. The van der Waals surface area contributed by atoms with Crippen molar-refractivity contribution >= 4 is 34.5 Å². The summed E-state index contributed by atoms with van der Waals surface area (Å²) >= 11 is 1.16. The molecule has 0 radical (unpaired) electrons. The Kier molecular flexibility index (Phi) is 5.42. The number of carbonyl (C=O) groups excluding carboxylic acids is 2. The van der Waals surface area contributed by atoms with Crippen LogP contribution in [0.3, 0.4) is 0 Å². The normalized spacial score (nSPS) is 13.8. The van der Waals surface area contributed by atoms with Crippen LogP contribution in [0.2, 0.25) is 0 Å². The van der Waals surface area contributed by atoms with Crippen LogP contribution >= 0.6 is 11.8 Å². The fourth-order valence-corrected chi connectivity index (χ4v) is 4.62. The second kappa shape index (κ2) is 8.02. The number of aromatic amines is 1. The molecule has 30 heavy (non-hydrogen) atoms. The molecule has 4 rings (SSSR count). The van der Waals surface area contributed by atoms with Crippen LogP contribution in [0.1, 0.15) is 50.9 Å². The molecular weight excluding hydrogens is 402 g/mol. The molecular formula is C22H21N3O4S. The lowest BCUT2D eigenvalue weighted by Gasteiger charge is -2.12. The molecule has 1 aliphatic rings. The average molecular weight is 423 g/mol. The van der Waals surface area contributed by atoms with E-state index in [-0.39, 0.29) is 27.5 Å². The van der Waals surface area contributed by atoms with Gasteiger partial charge in [-0.1, -0.05) is 23.9 Å². The van der Waals surface area contributed by atoms with Crippen molar-refractivity contribution in [2.45, 2.75) is 43.5 Å². The maximum absolute atomic E-state index is 12.9. The number of rotatable bonds is 5. The SMILES string of the molecule is COC(=O)c1cc(C)nc2nc(SC(C)C(=O)c3ccc4c(c3)CCC4)[nH]c(=O)c12. The summed E-state index contributed by atoms with van der Waals surface area (Å²) in [6, 6.07) is 7.38. The summed E-state index contributed by atoms with van der Waals surface area (Å²) in [6.07, 6.45) is 3.20. The van der Waals surface area contributed by atoms with Crippen LogP contribution in [0.5, 0.6) is 0 Å². The first kappa shape index (κ1) is 20.3. The van der Waals surface area contributed by atoms with E-state index < -0.39 is 16.8 Å². The number of ether oxygens (including phenoxy) is 1. The molecule has 1 atom stereocenters. The third kappa shape index (κ3) is 3.75. The summed E-state index contributed by atoms with van der Waals surface area (Å²) in [4.78, 5) is 49.0. The largest absolute Gasteiger partial charge is 0.465 e. The van der Waals surface area contributed by atoms with Crippen molar-refractivity contribution < 1.29 is 14.3 Å². The lowest BCUT2D eigenvalue weighted by Crippen LogP contribution is -2.18. The first-order valence-electron chi connectivity index (χ1n) is 9.70. The quantitative estimate of drug-likeness (QED) is 0.291. The number of nitrogens with one attached hydrogen (secondary N) is 1. The van der Waals surface area contributed by atoms with E-state index in [1.807, 2.05) is 18.2 Å². The zero-order chi connectivity index (χ0) is 21.4. The van der Waals surface area contributed by atoms with Crippen molar-refractivity contribution in [1.29, 1.82) is 0 Å². The number of aryl methyl sites for hydroxylation is 3. The van der Waals surface area contributed by atoms with Gasteiger partial charge in [-0.15, -0.1) is 0 Å². The molecule has 1 aliphatic carbocycles. The molecule has 154 valence electrons. The number of nitrogens with zero attached hydrogens (tertiary/aromatic N) is 2. The number of esters is 1. The molecule has 0 bridgehead atoms. The summed E-state index contributed by atoms with van der Waals surface area (Å²) in [7, 11) is 1.25. The molecule has 0 spiro atoms. The Morgan fingerprint density at radius 2 is 1.93 bits per heavy atom. The third-order valence-electron chi connectivity index (χ3n) is 5.23. The van der Waals surface area contributed by atoms with Gasteiger partial charge in [-0.25, -0.2) is 14.8 Å². The highest BCUT2D eigenvalue weighted by atomic mass is 32.2. The van der Waals surface area contributed by atoms with Crippen molar-refractivity contribution in [3.8, 4) is 0 Å². The molecule has 1 unspecified atom stereocenters. The highest BCUT2D eigenvalue weighted by Gasteiger charge is 2.22. The topological polar surface area (TPSA) is 102 Å². The van der Waals surface area contributed by atoms with Gasteiger partial charge in [0.05, 0.1) is 23.3 Å². The highest BCUT2D eigenvalue weighted by molar-refractivity contribution is 8.00. The first-order valence-corrected chi connectivity index (χ1v) is 10.6. The number of ketones is 1. The number of methoxy groups -OCH3 is 1. The number of carbonyl (C=O) groups is 2. The van der Waals surface area contributed by atoms with Crippen LogP contribution in [-0.4, -0.2) is 39.1 Å². The van der Waals surface area contributed by atoms with Crippen molar-refractivity contribution in [2.75, 3.05) is 7.11 Å². The number of aromatic nitrogens is 3. The van der Waals surface area contributed by atoms with Crippen LogP contribution in [0.4, 0.5) is 0 Å². The summed E-state index contributed by atoms with van der Waals surface area (Å²) in [6.45, 7) is 3.50. The van der Waals surface area contributed by atoms with Crippen molar-refractivity contribution in [2.24, 2.45) is 0 Å². The van der Waals surface area contributed by atoms with Gasteiger partial charge in [0.25, 0.3) is 5.56 Å². The molecule has 3 aromatic rings. The fraction of sp³-hybridized carbons (Fsp3) is 0.318. The molecule has 2 heterocycles. The Hall–Kier alpha value is -3.00. The molecule has 0 saturated carbocycles. The van der Waals surface area contributed by atoms with Gasteiger partial charge < -0.3 is 9.72 Å². The number of thioether (sulfide) groups is 1. The Bertz CT molecular complexity index is 1240. The lowest BCUT2D eigenvalue weighted by molar-refractivity contribution is 0.0602. The van der Waals surface area contributed by atoms with E-state index >= 15 is 0 Å². The van der Waals surface area contributed by atoms with Gasteiger partial charge in [0, 0.05) is 11.3 Å². The zero-order valence-corrected chi connectivity index (χ0v) is 17.8. The van der Waals surface area contributed by atoms with Gasteiger partial charge in [0.2, 0.25) is 0 Å². The summed E-state index contributed by atoms with van der Waals surface area (Å²) < 4.78 is 4.76. The van der Waals surface area contributed by atoms with E-state index in [4.69, 9.17) is 4.74 Å². The molecule has 8 heteroatoms. The van der Waals surface area contributed by atoms with E-state index in [1.165, 1.54) is 24.3 Å². The fourth-order valence-electron chi connectivity index (χ4n) is 3.75. The predicted octanol–water partition coefficient (Wildman–Crippen LogP) is 3.27. The van der Waals surface area contributed by atoms with Gasteiger partial charge in [-0.3, -0.25) is 9.59 Å². The van der Waals surface area contributed by atoms with E-state index in [2.05, 4.69) is 15.0 Å². The van der Waals surface area contributed by atoms with Gasteiger partial charge in [0.1, 0.15) is 0 Å². The molecule has 1 N–H and O–H groups in total. The van der Waals surface area contributed by atoms with Crippen LogP contribution in [0.15, 0.2) is 34.2 Å². The van der Waals surface area contributed by atoms with Crippen molar-refractivity contribution in [3.63, 3.8) is 0 Å². The van der Waals surface area contributed by atoms with Gasteiger partial charge in [-0.2, -0.15) is 0 Å². The molecule has 0 aliphatic heterocycles. The molecule has 7 nitrogen and oxygen atoms in total. The molecule has 1 aromatic carbocycles. The van der Waals surface area contributed by atoms with Crippen molar-refractivity contribution in [1.82, 2.24) is 15.0 Å². The van der Waals surface area contributed by atoms with E-state index in [1.54, 1.807) is 13.8 Å². The molecule has 2 aromatic heterocycles.